The van der Waals surface area contributed by atoms with Gasteiger partial charge in [0.25, 0.3) is 0 Å². The summed E-state index contributed by atoms with van der Waals surface area (Å²) in [7, 11) is 0. The Morgan fingerprint density at radius 2 is 1.17 bits per heavy atom. The number of hydrogen-bond acceptors (Lipinski definition) is 4. The maximum Gasteiger partial charge on any atom is 3.00 e. The molecule has 0 aromatic heterocycles. The van der Waals surface area contributed by atoms with Crippen LogP contribution in [0, 0.1) is 0 Å². The normalized spacial score (nSPS) is 9.83. The Bertz CT molecular complexity index is 53.7. The van der Waals surface area contributed by atoms with Crippen LogP contribution in [0.25, 0.3) is 0 Å². The molecule has 0 bridgehead atoms. The van der Waals surface area contributed by atoms with Crippen LogP contribution >= 0.6 is 0 Å². The second-order valence-corrected chi connectivity index (χ2v) is 2.32. The van der Waals surface area contributed by atoms with Crippen LogP contribution in [0.2, 0.25) is 0 Å². The first kappa shape index (κ1) is 9.98. The Kier molecular flexibility index (Phi) is 4.92. The fraction of sp³-hybridized carbons (Fsp3) is 0. The quantitative estimate of drug-likeness (QED) is 0.423. The molecule has 0 rings (SSSR count). The van der Waals surface area contributed by atoms with Crippen molar-refractivity contribution in [1.82, 2.24) is 0 Å². The minimum absolute atomic E-state index is 0. The maximum atomic E-state index is 8.61. The van der Waals surface area contributed by atoms with Gasteiger partial charge in [0.1, 0.15) is 0 Å². The standard InChI is InChI=1S/AsH3O4.Os/c2-1(3,4)5;/h(H3,2,3,4,5);/q;+3/p-3. The van der Waals surface area contributed by atoms with Crippen molar-refractivity contribution in [3.8, 4) is 0 Å². The van der Waals surface area contributed by atoms with E-state index in [1.807, 2.05) is 0 Å². The number of hydrogen-bond donors (Lipinski definition) is 0. The maximum absolute atomic E-state index is 8.61. The van der Waals surface area contributed by atoms with E-state index in [4.69, 9.17) is 16.0 Å². The molecule has 37 valence electrons. The van der Waals surface area contributed by atoms with Crippen LogP contribution in [0.15, 0.2) is 0 Å². The summed E-state index contributed by atoms with van der Waals surface area (Å²) in [6.45, 7) is 0. The second-order valence-electron chi connectivity index (χ2n) is 0.447. The Hall–Kier alpha value is 0.875. The monoisotopic (exact) mass is 331 g/mol. The van der Waals surface area contributed by atoms with E-state index in [0.717, 1.165) is 0 Å². The van der Waals surface area contributed by atoms with Crippen molar-refractivity contribution >= 4 is 14.5 Å². The van der Waals surface area contributed by atoms with Gasteiger partial charge in [-0.1, -0.05) is 0 Å². The Morgan fingerprint density at radius 1 is 1.17 bits per heavy atom. The average Bonchev–Trinajstić information content (AvgIpc) is 0.722. The van der Waals surface area contributed by atoms with Gasteiger partial charge >= 0.3 is 50.3 Å². The first-order valence-electron chi connectivity index (χ1n) is 0.730. The largest absolute Gasteiger partial charge is 3.00 e. The van der Waals surface area contributed by atoms with Crippen molar-refractivity contribution in [1.29, 1.82) is 0 Å². The fourth-order valence-corrected chi connectivity index (χ4v) is 0. The van der Waals surface area contributed by atoms with E-state index in [0.29, 0.717) is 0 Å². The van der Waals surface area contributed by atoms with Gasteiger partial charge in [0.05, 0.1) is 0 Å². The molecule has 0 saturated heterocycles. The molecule has 0 spiro atoms. The molecule has 4 nitrogen and oxygen atoms in total. The predicted molar refractivity (Wildman–Crippen MR) is 6.44 cm³/mol. The van der Waals surface area contributed by atoms with Crippen molar-refractivity contribution < 1.29 is 35.8 Å². The molecule has 1 radical (unpaired) electrons. The van der Waals surface area contributed by atoms with E-state index in [9.17, 15) is 0 Å². The molecule has 0 aliphatic heterocycles. The van der Waals surface area contributed by atoms with Crippen LogP contribution < -0.4 is 12.3 Å². The SMILES string of the molecule is O=[As]([O-])([O-])[O-].[Os+3]. The third-order valence-electron chi connectivity index (χ3n) is 0. The zero-order valence-corrected chi connectivity index (χ0v) is 6.85. The van der Waals surface area contributed by atoms with E-state index in [-0.39, 0.29) is 19.8 Å². The van der Waals surface area contributed by atoms with E-state index in [1.165, 1.54) is 0 Å². The van der Waals surface area contributed by atoms with Gasteiger partial charge in [-0.05, 0) is 0 Å². The molecule has 0 aromatic carbocycles. The zero-order chi connectivity index (χ0) is 4.50. The molecule has 0 amide bonds. The van der Waals surface area contributed by atoms with E-state index < -0.39 is 14.5 Å². The van der Waals surface area contributed by atoms with Crippen molar-refractivity contribution in [3.05, 3.63) is 0 Å². The molecule has 0 aliphatic rings. The first-order chi connectivity index (χ1) is 2.00. The van der Waals surface area contributed by atoms with Crippen LogP contribution in [-0.2, 0) is 23.5 Å². The van der Waals surface area contributed by atoms with E-state index in [2.05, 4.69) is 0 Å². The van der Waals surface area contributed by atoms with Crippen molar-refractivity contribution in [3.63, 3.8) is 0 Å². The number of rotatable bonds is 0. The molecule has 0 saturated carbocycles. The zero-order valence-electron chi connectivity index (χ0n) is 2.43. The summed E-state index contributed by atoms with van der Waals surface area (Å²) in [4.78, 5) is 0. The average molecular weight is 329 g/mol. The first-order valence-corrected chi connectivity index (χ1v) is 3.79. The second kappa shape index (κ2) is 2.95. The fourth-order valence-electron chi connectivity index (χ4n) is 0. The minimum atomic E-state index is -5.88. The van der Waals surface area contributed by atoms with Crippen molar-refractivity contribution in [2.24, 2.45) is 0 Å². The summed E-state index contributed by atoms with van der Waals surface area (Å²) >= 11 is -5.88. The Morgan fingerprint density at radius 3 is 1.17 bits per heavy atom. The smallest absolute Gasteiger partial charge is 3.00 e. The molecule has 0 N–H and O–H groups in total. The molecule has 6 heteroatoms. The van der Waals surface area contributed by atoms with Gasteiger partial charge in [0.2, 0.25) is 0 Å². The van der Waals surface area contributed by atoms with Crippen LogP contribution in [0.3, 0.4) is 0 Å². The van der Waals surface area contributed by atoms with Crippen LogP contribution in [-0.4, -0.2) is 14.5 Å². The molecule has 0 fully saturated rings. The molecular formula is AsO4Os. The Labute approximate surface area is 50.6 Å². The molecule has 0 atom stereocenters. The summed E-state index contributed by atoms with van der Waals surface area (Å²) in [5.74, 6) is 0. The van der Waals surface area contributed by atoms with E-state index >= 15 is 0 Å². The molecule has 0 aromatic rings. The van der Waals surface area contributed by atoms with Crippen LogP contribution in [0.4, 0.5) is 0 Å². The van der Waals surface area contributed by atoms with E-state index in [1.54, 1.807) is 0 Å². The summed E-state index contributed by atoms with van der Waals surface area (Å²) < 4.78 is 34.4. The van der Waals surface area contributed by atoms with Gasteiger partial charge in [-0.3, -0.25) is 0 Å². The summed E-state index contributed by atoms with van der Waals surface area (Å²) in [5, 5.41) is 0. The third kappa shape index (κ3) is 95.6. The van der Waals surface area contributed by atoms with Gasteiger partial charge in [0.15, 0.2) is 0 Å². The third-order valence-corrected chi connectivity index (χ3v) is 0. The van der Waals surface area contributed by atoms with Crippen LogP contribution in [0.5, 0.6) is 0 Å². The van der Waals surface area contributed by atoms with Gasteiger partial charge in [-0.2, -0.15) is 0 Å². The van der Waals surface area contributed by atoms with Crippen molar-refractivity contribution in [2.75, 3.05) is 0 Å². The summed E-state index contributed by atoms with van der Waals surface area (Å²) in [6, 6.07) is 0. The van der Waals surface area contributed by atoms with Gasteiger partial charge in [-0.15, -0.1) is 0 Å². The minimum Gasteiger partial charge on any atom is 3.00 e. The topological polar surface area (TPSA) is 86.2 Å². The van der Waals surface area contributed by atoms with Gasteiger partial charge < -0.3 is 0 Å². The van der Waals surface area contributed by atoms with Crippen LogP contribution in [0.1, 0.15) is 0 Å². The molecule has 0 unspecified atom stereocenters. The van der Waals surface area contributed by atoms with Crippen molar-refractivity contribution in [2.45, 2.75) is 0 Å². The molecule has 0 heterocycles. The predicted octanol–water partition coefficient (Wildman–Crippen LogP) is -4.07. The Balaban J connectivity index is 0. The summed E-state index contributed by atoms with van der Waals surface area (Å²) in [5.41, 5.74) is 0. The van der Waals surface area contributed by atoms with Gasteiger partial charge in [0, 0.05) is 0 Å². The molecule has 0 aliphatic carbocycles. The molecule has 6 heavy (non-hydrogen) atoms. The summed E-state index contributed by atoms with van der Waals surface area (Å²) in [6.07, 6.45) is 0. The molecular weight excluding hydrogens is 329 g/mol. The van der Waals surface area contributed by atoms with Gasteiger partial charge in [-0.25, -0.2) is 0 Å².